The maximum absolute atomic E-state index is 12.9. The monoisotopic (exact) mass is 397 g/mol. The Kier molecular flexibility index (Phi) is 6.69. The molecule has 1 aliphatic heterocycles. The molecule has 1 aromatic carbocycles. The Labute approximate surface area is 172 Å². The lowest BCUT2D eigenvalue weighted by Gasteiger charge is -2.17. The fourth-order valence-electron chi connectivity index (χ4n) is 3.58. The molecule has 0 atom stereocenters. The topological polar surface area (TPSA) is 79.3 Å². The summed E-state index contributed by atoms with van der Waals surface area (Å²) in [5.41, 5.74) is 4.26. The highest BCUT2D eigenvalue weighted by Gasteiger charge is 2.27. The Balaban J connectivity index is 1.77. The van der Waals surface area contributed by atoms with Crippen molar-refractivity contribution in [1.82, 2.24) is 19.8 Å². The first kappa shape index (κ1) is 21.0. The molecule has 2 amide bonds. The van der Waals surface area contributed by atoms with Crippen molar-refractivity contribution in [2.24, 2.45) is 0 Å². The molecule has 0 aliphatic carbocycles. The van der Waals surface area contributed by atoms with Gasteiger partial charge in [0.25, 0.3) is 11.8 Å². The van der Waals surface area contributed by atoms with Crippen LogP contribution in [0.2, 0.25) is 0 Å². The van der Waals surface area contributed by atoms with Crippen molar-refractivity contribution < 1.29 is 9.59 Å². The normalized spacial score (nSPS) is 13.3. The van der Waals surface area contributed by atoms with E-state index in [1.54, 1.807) is 0 Å². The van der Waals surface area contributed by atoms with Crippen molar-refractivity contribution in [3.05, 3.63) is 46.5 Å². The number of amides is 2. The third-order valence-corrected chi connectivity index (χ3v) is 5.37. The van der Waals surface area contributed by atoms with Gasteiger partial charge in [-0.05, 0) is 83.4 Å². The summed E-state index contributed by atoms with van der Waals surface area (Å²) in [5, 5.41) is 5.88. The number of rotatable bonds is 7. The lowest BCUT2D eigenvalue weighted by molar-refractivity contribution is 0.0936. The number of benzene rings is 1. The van der Waals surface area contributed by atoms with Gasteiger partial charge in [-0.3, -0.25) is 9.59 Å². The summed E-state index contributed by atoms with van der Waals surface area (Å²) in [4.78, 5) is 32.2. The van der Waals surface area contributed by atoms with Crippen LogP contribution in [-0.4, -0.2) is 53.5 Å². The number of hydrogen-bond acceptors (Lipinski definition) is 4. The molecule has 0 unspecified atom stereocenters. The quantitative estimate of drug-likeness (QED) is 0.704. The van der Waals surface area contributed by atoms with Crippen LogP contribution >= 0.6 is 0 Å². The second kappa shape index (κ2) is 9.22. The first-order valence-corrected chi connectivity index (χ1v) is 10.3. The molecule has 2 N–H and O–H groups in total. The minimum Gasteiger partial charge on any atom is -0.349 e. The van der Waals surface area contributed by atoms with E-state index < -0.39 is 0 Å². The van der Waals surface area contributed by atoms with E-state index in [2.05, 4.69) is 20.5 Å². The summed E-state index contributed by atoms with van der Waals surface area (Å²) in [6.45, 7) is 6.27. The van der Waals surface area contributed by atoms with Gasteiger partial charge in [-0.25, -0.2) is 4.98 Å². The third kappa shape index (κ3) is 5.03. The molecule has 0 saturated carbocycles. The fourth-order valence-corrected chi connectivity index (χ4v) is 3.58. The second-order valence-corrected chi connectivity index (χ2v) is 8.01. The van der Waals surface area contributed by atoms with Gasteiger partial charge in [-0.15, -0.1) is 0 Å². The molecule has 7 nitrogen and oxygen atoms in total. The number of aromatic nitrogens is 2. The molecule has 0 saturated heterocycles. The highest BCUT2D eigenvalue weighted by Crippen LogP contribution is 2.23. The van der Waals surface area contributed by atoms with Gasteiger partial charge < -0.3 is 20.1 Å². The summed E-state index contributed by atoms with van der Waals surface area (Å²) in [6.07, 6.45) is 3.62. The Morgan fingerprint density at radius 1 is 1.14 bits per heavy atom. The van der Waals surface area contributed by atoms with Crippen LogP contribution in [0.1, 0.15) is 57.2 Å². The number of carbonyl (C=O) groups excluding carboxylic acids is 2. The number of imidazole rings is 1. The standard InChI is InChI=1S/C22H31N5O2/c1-15-9-10-17(14-16(15)2)24-21(28)19-18-8-5-6-13-27(18)20(25-19)22(29)23-11-7-12-26(3)4/h9-10,14H,5-8,11-13H2,1-4H3,(H,23,29)(H,24,28). The van der Waals surface area contributed by atoms with Crippen molar-refractivity contribution in [1.29, 1.82) is 0 Å². The van der Waals surface area contributed by atoms with Gasteiger partial charge in [-0.2, -0.15) is 0 Å². The molecule has 7 heteroatoms. The lowest BCUT2D eigenvalue weighted by Crippen LogP contribution is -2.30. The molecule has 1 aliphatic rings. The van der Waals surface area contributed by atoms with Crippen LogP contribution in [0.15, 0.2) is 18.2 Å². The predicted molar refractivity (Wildman–Crippen MR) is 115 cm³/mol. The molecule has 0 radical (unpaired) electrons. The van der Waals surface area contributed by atoms with E-state index >= 15 is 0 Å². The van der Waals surface area contributed by atoms with E-state index in [9.17, 15) is 9.59 Å². The molecule has 2 heterocycles. The molecule has 0 fully saturated rings. The Bertz CT molecular complexity index is 901. The molecule has 156 valence electrons. The van der Waals surface area contributed by atoms with E-state index in [1.165, 1.54) is 5.56 Å². The van der Waals surface area contributed by atoms with Crippen molar-refractivity contribution in [2.45, 2.75) is 46.1 Å². The zero-order chi connectivity index (χ0) is 21.0. The highest BCUT2D eigenvalue weighted by molar-refractivity contribution is 6.05. The predicted octanol–water partition coefficient (Wildman–Crippen LogP) is 2.77. The van der Waals surface area contributed by atoms with Crippen LogP contribution in [-0.2, 0) is 13.0 Å². The average Bonchev–Trinajstić information content (AvgIpc) is 3.08. The number of carbonyl (C=O) groups is 2. The van der Waals surface area contributed by atoms with Crippen LogP contribution in [0.25, 0.3) is 0 Å². The largest absolute Gasteiger partial charge is 0.349 e. The van der Waals surface area contributed by atoms with Crippen molar-refractivity contribution in [3.63, 3.8) is 0 Å². The van der Waals surface area contributed by atoms with E-state index in [1.807, 2.05) is 50.7 Å². The second-order valence-electron chi connectivity index (χ2n) is 8.01. The number of hydrogen-bond donors (Lipinski definition) is 2. The number of nitrogens with one attached hydrogen (secondary N) is 2. The van der Waals surface area contributed by atoms with Crippen LogP contribution < -0.4 is 10.6 Å². The zero-order valence-corrected chi connectivity index (χ0v) is 17.8. The Morgan fingerprint density at radius 3 is 2.66 bits per heavy atom. The molecule has 29 heavy (non-hydrogen) atoms. The van der Waals surface area contributed by atoms with Crippen LogP contribution in [0, 0.1) is 13.8 Å². The average molecular weight is 398 g/mol. The number of nitrogens with zero attached hydrogens (tertiary/aromatic N) is 3. The maximum atomic E-state index is 12.9. The number of aryl methyl sites for hydroxylation is 2. The van der Waals surface area contributed by atoms with Gasteiger partial charge in [0, 0.05) is 18.8 Å². The van der Waals surface area contributed by atoms with Gasteiger partial charge in [0.15, 0.2) is 11.5 Å². The summed E-state index contributed by atoms with van der Waals surface area (Å²) in [5.74, 6) is -0.127. The van der Waals surface area contributed by atoms with Gasteiger partial charge >= 0.3 is 0 Å². The molecule has 3 rings (SSSR count). The van der Waals surface area contributed by atoms with Gasteiger partial charge in [-0.1, -0.05) is 6.07 Å². The van der Waals surface area contributed by atoms with E-state index in [4.69, 9.17) is 0 Å². The van der Waals surface area contributed by atoms with Crippen molar-refractivity contribution in [2.75, 3.05) is 32.5 Å². The van der Waals surface area contributed by atoms with Gasteiger partial charge in [0.1, 0.15) is 0 Å². The molecule has 0 bridgehead atoms. The minimum absolute atomic E-state index is 0.211. The van der Waals surface area contributed by atoms with E-state index in [-0.39, 0.29) is 11.8 Å². The maximum Gasteiger partial charge on any atom is 0.287 e. The molecule has 1 aromatic heterocycles. The van der Waals surface area contributed by atoms with Gasteiger partial charge in [0.05, 0.1) is 5.69 Å². The summed E-state index contributed by atoms with van der Waals surface area (Å²) in [7, 11) is 4.01. The summed E-state index contributed by atoms with van der Waals surface area (Å²) >= 11 is 0. The third-order valence-electron chi connectivity index (χ3n) is 5.37. The smallest absolute Gasteiger partial charge is 0.287 e. The van der Waals surface area contributed by atoms with Crippen molar-refractivity contribution in [3.8, 4) is 0 Å². The van der Waals surface area contributed by atoms with Crippen LogP contribution in [0.3, 0.4) is 0 Å². The molecule has 2 aromatic rings. The number of fused-ring (bicyclic) bond motifs is 1. The number of anilines is 1. The van der Waals surface area contributed by atoms with Gasteiger partial charge in [0.2, 0.25) is 0 Å². The zero-order valence-electron chi connectivity index (χ0n) is 17.8. The summed E-state index contributed by atoms with van der Waals surface area (Å²) in [6, 6.07) is 5.83. The minimum atomic E-state index is -0.259. The fraction of sp³-hybridized carbons (Fsp3) is 0.500. The molecular formula is C22H31N5O2. The summed E-state index contributed by atoms with van der Waals surface area (Å²) < 4.78 is 1.92. The first-order valence-electron chi connectivity index (χ1n) is 10.3. The Hall–Kier alpha value is -2.67. The van der Waals surface area contributed by atoms with Crippen LogP contribution in [0.5, 0.6) is 0 Å². The van der Waals surface area contributed by atoms with E-state index in [0.717, 1.165) is 55.7 Å². The molecule has 0 spiro atoms. The first-order chi connectivity index (χ1) is 13.9. The Morgan fingerprint density at radius 2 is 1.93 bits per heavy atom. The van der Waals surface area contributed by atoms with E-state index in [0.29, 0.717) is 18.1 Å². The molecular weight excluding hydrogens is 366 g/mol. The van der Waals surface area contributed by atoms with Crippen LogP contribution in [0.4, 0.5) is 5.69 Å². The lowest BCUT2D eigenvalue weighted by atomic mass is 10.1. The highest BCUT2D eigenvalue weighted by atomic mass is 16.2. The SMILES string of the molecule is Cc1ccc(NC(=O)c2nc(C(=O)NCCCN(C)C)n3c2CCCC3)cc1C. The van der Waals surface area contributed by atoms with Crippen molar-refractivity contribution >= 4 is 17.5 Å².